The quantitative estimate of drug-likeness (QED) is 0.476. The lowest BCUT2D eigenvalue weighted by atomic mass is 10.2. The van der Waals surface area contributed by atoms with Crippen molar-refractivity contribution in [2.24, 2.45) is 0 Å². The van der Waals surface area contributed by atoms with Crippen molar-refractivity contribution in [2.75, 3.05) is 25.0 Å². The van der Waals surface area contributed by atoms with E-state index in [0.29, 0.717) is 0 Å². The topological polar surface area (TPSA) is 0 Å². The molecule has 0 atom stereocenters. The Labute approximate surface area is 81.6 Å². The van der Waals surface area contributed by atoms with Gasteiger partial charge in [0.15, 0.2) is 0 Å². The first-order valence-corrected chi connectivity index (χ1v) is 8.45. The molecule has 0 radical (unpaired) electrons. The molecule has 1 aromatic carbocycles. The van der Waals surface area contributed by atoms with Gasteiger partial charge in [0.1, 0.15) is 0 Å². The lowest BCUT2D eigenvalue weighted by Crippen LogP contribution is -2.06. The lowest BCUT2D eigenvalue weighted by molar-refractivity contribution is 1.65. The minimum absolute atomic E-state index is 1.11. The molecule has 0 saturated heterocycles. The lowest BCUT2D eigenvalue weighted by Gasteiger charge is -2.40. The van der Waals surface area contributed by atoms with Gasteiger partial charge in [0, 0.05) is 5.56 Å². The van der Waals surface area contributed by atoms with Gasteiger partial charge in [-0.3, -0.25) is 0 Å². The smallest absolute Gasteiger partial charge is 0.0253 e. The van der Waals surface area contributed by atoms with Crippen molar-refractivity contribution >= 4 is 9.16 Å². The van der Waals surface area contributed by atoms with E-state index in [9.17, 15) is 0 Å². The maximum Gasteiger partial charge on any atom is 0.0253 e. The average molecular weight is 194 g/mol. The molecule has 0 unspecified atom stereocenters. The van der Waals surface area contributed by atoms with Gasteiger partial charge >= 0.3 is 0 Å². The number of hydrogen-bond acceptors (Lipinski definition) is 0. The van der Waals surface area contributed by atoms with Crippen LogP contribution in [0.4, 0.5) is 0 Å². The summed E-state index contributed by atoms with van der Waals surface area (Å²) in [5.74, 6) is 3.23. The summed E-state index contributed by atoms with van der Waals surface area (Å²) in [7, 11) is -1.66. The number of thiol groups is 1. The van der Waals surface area contributed by atoms with E-state index >= 15 is 0 Å². The first kappa shape index (κ1) is 10.2. The molecule has 0 aliphatic carbocycles. The van der Waals surface area contributed by atoms with Crippen molar-refractivity contribution in [1.82, 2.24) is 0 Å². The maximum atomic E-state index is 3.40. The third-order valence-corrected chi connectivity index (χ3v) is 2.43. The molecule has 72 valence electrons. The molecule has 0 bridgehead atoms. The van der Waals surface area contributed by atoms with Crippen LogP contribution in [0.25, 0.3) is 0 Å². The summed E-state index contributed by atoms with van der Waals surface area (Å²) < 4.78 is 0. The molecule has 0 amide bonds. The van der Waals surface area contributed by atoms with Crippen LogP contribution in [0.2, 0.25) is 0 Å². The first-order valence-electron chi connectivity index (χ1n) is 4.42. The van der Waals surface area contributed by atoms with Gasteiger partial charge in [0.25, 0.3) is 0 Å². The van der Waals surface area contributed by atoms with Crippen LogP contribution in [0.3, 0.4) is 0 Å². The van der Waals surface area contributed by atoms with Crippen LogP contribution in [0.1, 0.15) is 5.56 Å². The van der Waals surface area contributed by atoms with Crippen molar-refractivity contribution in [3.63, 3.8) is 0 Å². The van der Waals surface area contributed by atoms with Crippen LogP contribution in [-0.2, 0) is 0 Å². The Hall–Kier alpha value is -0.870. The van der Waals surface area contributed by atoms with Gasteiger partial charge in [-0.15, -0.1) is 0 Å². The van der Waals surface area contributed by atoms with Crippen LogP contribution >= 0.6 is 9.16 Å². The monoisotopic (exact) mass is 194 g/mol. The summed E-state index contributed by atoms with van der Waals surface area (Å²) in [5.41, 5.74) is 1.11. The molecule has 1 rings (SSSR count). The SMILES string of the molecule is C[SH](C)(C)(C)C#Cc1ccccc1. The summed E-state index contributed by atoms with van der Waals surface area (Å²) in [5, 5.41) is 3.40. The van der Waals surface area contributed by atoms with Crippen molar-refractivity contribution in [3.8, 4) is 11.2 Å². The van der Waals surface area contributed by atoms with Crippen molar-refractivity contribution in [1.29, 1.82) is 0 Å². The Balaban J connectivity index is 2.93. The molecule has 0 heterocycles. The zero-order valence-electron chi connectivity index (χ0n) is 8.83. The van der Waals surface area contributed by atoms with Crippen LogP contribution in [0.15, 0.2) is 30.3 Å². The summed E-state index contributed by atoms with van der Waals surface area (Å²) in [6.07, 6.45) is 9.06. The Morgan fingerprint density at radius 1 is 0.923 bits per heavy atom. The predicted octanol–water partition coefficient (Wildman–Crippen LogP) is 2.59. The molecule has 0 aliphatic rings. The van der Waals surface area contributed by atoms with E-state index in [2.05, 4.69) is 48.3 Å². The van der Waals surface area contributed by atoms with Gasteiger partial charge < -0.3 is 0 Å². The highest BCUT2D eigenvalue weighted by Crippen LogP contribution is 2.54. The molecule has 0 N–H and O–H groups in total. The van der Waals surface area contributed by atoms with Gasteiger partial charge in [-0.2, -0.15) is 0 Å². The molecule has 0 aliphatic heterocycles. The fraction of sp³-hybridized carbons (Fsp3) is 0.333. The minimum Gasteiger partial charge on any atom is -0.243 e. The highest BCUT2D eigenvalue weighted by atomic mass is 32.3. The van der Waals surface area contributed by atoms with E-state index < -0.39 is 9.16 Å². The van der Waals surface area contributed by atoms with E-state index in [1.54, 1.807) is 0 Å². The van der Waals surface area contributed by atoms with Crippen LogP contribution in [0.5, 0.6) is 0 Å². The van der Waals surface area contributed by atoms with E-state index in [0.717, 1.165) is 5.56 Å². The normalized spacial score (nSPS) is 13.7. The van der Waals surface area contributed by atoms with E-state index in [4.69, 9.17) is 0 Å². The highest BCUT2D eigenvalue weighted by Gasteiger charge is 2.12. The van der Waals surface area contributed by atoms with Crippen molar-refractivity contribution < 1.29 is 0 Å². The number of hydrogen-bond donors (Lipinski definition) is 1. The Kier molecular flexibility index (Phi) is 2.45. The predicted molar refractivity (Wildman–Crippen MR) is 66.0 cm³/mol. The van der Waals surface area contributed by atoms with Gasteiger partial charge in [-0.25, -0.2) is 9.16 Å². The third kappa shape index (κ3) is 4.65. The van der Waals surface area contributed by atoms with Gasteiger partial charge in [-0.1, -0.05) is 29.4 Å². The maximum absolute atomic E-state index is 3.40. The largest absolute Gasteiger partial charge is 0.243 e. The second kappa shape index (κ2) is 3.12. The molecule has 13 heavy (non-hydrogen) atoms. The second-order valence-corrected chi connectivity index (χ2v) is 12.6. The first-order chi connectivity index (χ1) is 5.83. The summed E-state index contributed by atoms with van der Waals surface area (Å²) in [4.78, 5) is 0. The zero-order valence-corrected chi connectivity index (χ0v) is 9.73. The summed E-state index contributed by atoms with van der Waals surface area (Å²) in [6, 6.07) is 10.2. The zero-order chi connectivity index (χ0) is 9.97. The minimum atomic E-state index is -1.66. The van der Waals surface area contributed by atoms with E-state index in [1.807, 2.05) is 18.2 Å². The summed E-state index contributed by atoms with van der Waals surface area (Å²) in [6.45, 7) is 0. The third-order valence-electron chi connectivity index (χ3n) is 1.42. The number of rotatable bonds is 0. The van der Waals surface area contributed by atoms with Crippen molar-refractivity contribution in [2.45, 2.75) is 0 Å². The molecule has 0 aromatic heterocycles. The van der Waals surface area contributed by atoms with Gasteiger partial charge in [0.2, 0.25) is 0 Å². The molecule has 0 nitrogen and oxygen atoms in total. The van der Waals surface area contributed by atoms with Gasteiger partial charge in [-0.05, 0) is 37.2 Å². The average Bonchev–Trinajstić information content (AvgIpc) is 2.01. The van der Waals surface area contributed by atoms with E-state index in [1.165, 1.54) is 0 Å². The fourth-order valence-corrected chi connectivity index (χ4v) is 1.39. The Morgan fingerprint density at radius 2 is 1.46 bits per heavy atom. The van der Waals surface area contributed by atoms with Crippen LogP contribution in [0, 0.1) is 11.2 Å². The van der Waals surface area contributed by atoms with Crippen molar-refractivity contribution in [3.05, 3.63) is 35.9 Å². The Bertz CT molecular complexity index is 334. The Morgan fingerprint density at radius 3 is 1.92 bits per heavy atom. The molecule has 0 spiro atoms. The standard InChI is InChI=1S/C12H18S/c1-13(2,3,4)11-10-12-8-6-5-7-9-12/h5-9,13H,1-4H3. The molecule has 1 aromatic rings. The van der Waals surface area contributed by atoms with E-state index in [-0.39, 0.29) is 0 Å². The van der Waals surface area contributed by atoms with Gasteiger partial charge in [0.05, 0.1) is 0 Å². The fourth-order valence-electron chi connectivity index (χ4n) is 0.810. The molecule has 1 heteroatoms. The molecular weight excluding hydrogens is 176 g/mol. The molecule has 0 fully saturated rings. The summed E-state index contributed by atoms with van der Waals surface area (Å²) >= 11 is 0. The van der Waals surface area contributed by atoms with Crippen LogP contribution in [-0.4, -0.2) is 25.0 Å². The number of benzene rings is 1. The van der Waals surface area contributed by atoms with Crippen LogP contribution < -0.4 is 0 Å². The molecule has 0 saturated carbocycles. The highest BCUT2D eigenvalue weighted by molar-refractivity contribution is 8.51. The molecular formula is C12H18S. The second-order valence-electron chi connectivity index (χ2n) is 5.18.